The van der Waals surface area contributed by atoms with Gasteiger partial charge in [-0.05, 0) is 58.9 Å². The minimum Gasteiger partial charge on any atom is -0.454 e. The van der Waals surface area contributed by atoms with E-state index >= 15 is 0 Å². The molecule has 0 bridgehead atoms. The number of fused-ring (bicyclic) bond motifs is 1. The fourth-order valence-corrected chi connectivity index (χ4v) is 3.48. The zero-order valence-electron chi connectivity index (χ0n) is 16.3. The van der Waals surface area contributed by atoms with Crippen molar-refractivity contribution in [3.63, 3.8) is 0 Å². The van der Waals surface area contributed by atoms with Crippen molar-refractivity contribution < 1.29 is 14.3 Å². The fourth-order valence-electron chi connectivity index (χ4n) is 3.48. The van der Waals surface area contributed by atoms with Crippen LogP contribution in [0.3, 0.4) is 0 Å². The molecule has 0 aliphatic heterocycles. The van der Waals surface area contributed by atoms with Gasteiger partial charge in [0.05, 0.1) is 11.1 Å². The van der Waals surface area contributed by atoms with E-state index in [1.54, 1.807) is 22.9 Å². The minimum atomic E-state index is -0.547. The number of rotatable bonds is 6. The number of hydrogen-bond acceptors (Lipinski definition) is 5. The van der Waals surface area contributed by atoms with Crippen molar-refractivity contribution in [3.05, 3.63) is 46.8 Å². The zero-order valence-corrected chi connectivity index (χ0v) is 16.3. The van der Waals surface area contributed by atoms with Gasteiger partial charge in [-0.15, -0.1) is 5.10 Å². The van der Waals surface area contributed by atoms with E-state index in [0.717, 1.165) is 16.9 Å². The van der Waals surface area contributed by atoms with Crippen LogP contribution in [0.15, 0.2) is 24.3 Å². The number of aromatic nitrogens is 4. The van der Waals surface area contributed by atoms with Gasteiger partial charge in [-0.1, -0.05) is 5.21 Å². The lowest BCUT2D eigenvalue weighted by Gasteiger charge is -2.13. The lowest BCUT2D eigenvalue weighted by molar-refractivity contribution is 0.0474. The third-order valence-electron chi connectivity index (χ3n) is 4.68. The molecule has 0 aliphatic carbocycles. The van der Waals surface area contributed by atoms with Gasteiger partial charge in [0, 0.05) is 29.5 Å². The molecule has 7 heteroatoms. The molecule has 0 amide bonds. The maximum atomic E-state index is 12.5. The minimum absolute atomic E-state index is 0.207. The van der Waals surface area contributed by atoms with Gasteiger partial charge in [-0.2, -0.15) is 0 Å². The van der Waals surface area contributed by atoms with E-state index in [4.69, 9.17) is 4.74 Å². The van der Waals surface area contributed by atoms with Crippen molar-refractivity contribution in [2.45, 2.75) is 47.2 Å². The molecule has 0 saturated heterocycles. The first kappa shape index (κ1) is 18.8. The van der Waals surface area contributed by atoms with Crippen LogP contribution in [0.1, 0.15) is 58.9 Å². The highest BCUT2D eigenvalue weighted by Crippen LogP contribution is 2.21. The Bertz CT molecular complexity index is 1010. The Morgan fingerprint density at radius 1 is 1.19 bits per heavy atom. The number of carbonyl (C=O) groups is 2. The van der Waals surface area contributed by atoms with Gasteiger partial charge in [-0.3, -0.25) is 4.79 Å². The second-order valence-electron chi connectivity index (χ2n) is 6.86. The highest BCUT2D eigenvalue weighted by atomic mass is 16.5. The highest BCUT2D eigenvalue weighted by molar-refractivity contribution is 6.01. The van der Waals surface area contributed by atoms with Crippen molar-refractivity contribution in [1.29, 1.82) is 0 Å². The molecule has 3 aromatic rings. The summed E-state index contributed by atoms with van der Waals surface area (Å²) in [6.45, 7) is 10.4. The summed E-state index contributed by atoms with van der Waals surface area (Å²) in [5.41, 5.74) is 4.33. The van der Waals surface area contributed by atoms with Gasteiger partial charge in [0.1, 0.15) is 5.52 Å². The molecule has 0 fully saturated rings. The van der Waals surface area contributed by atoms with E-state index in [1.165, 1.54) is 0 Å². The Morgan fingerprint density at radius 2 is 1.93 bits per heavy atom. The van der Waals surface area contributed by atoms with Gasteiger partial charge in [-0.25, -0.2) is 9.48 Å². The molecule has 2 aromatic heterocycles. The number of ether oxygens (including phenoxy) is 1. The van der Waals surface area contributed by atoms with Crippen LogP contribution in [0.25, 0.3) is 11.0 Å². The van der Waals surface area contributed by atoms with Crippen molar-refractivity contribution in [1.82, 2.24) is 19.6 Å². The van der Waals surface area contributed by atoms with E-state index < -0.39 is 5.97 Å². The Morgan fingerprint density at radius 3 is 2.56 bits per heavy atom. The Labute approximate surface area is 157 Å². The maximum absolute atomic E-state index is 12.5. The van der Waals surface area contributed by atoms with Crippen LogP contribution in [-0.4, -0.2) is 37.9 Å². The Hall–Kier alpha value is -2.96. The number of aryl methyl sites for hydroxylation is 2. The summed E-state index contributed by atoms with van der Waals surface area (Å²) >= 11 is 0. The standard InChI is InChI=1S/C20H24N4O3/c1-6-23-18-8-7-15(10-17(18)21-22-23)20(26)27-11-19(25)16-9-13(4)24(12(2)3)14(16)5/h7-10,12H,6,11H2,1-5H3. The number of esters is 1. The van der Waals surface area contributed by atoms with Crippen LogP contribution in [0.4, 0.5) is 0 Å². The largest absolute Gasteiger partial charge is 0.454 e. The van der Waals surface area contributed by atoms with Crippen LogP contribution < -0.4 is 0 Å². The van der Waals surface area contributed by atoms with E-state index in [0.29, 0.717) is 23.2 Å². The summed E-state index contributed by atoms with van der Waals surface area (Å²) in [6.07, 6.45) is 0. The average Bonchev–Trinajstić information content (AvgIpc) is 3.18. The third-order valence-corrected chi connectivity index (χ3v) is 4.68. The normalized spacial score (nSPS) is 11.3. The van der Waals surface area contributed by atoms with E-state index in [2.05, 4.69) is 28.7 Å². The van der Waals surface area contributed by atoms with Crippen LogP contribution in [0, 0.1) is 13.8 Å². The van der Waals surface area contributed by atoms with Crippen LogP contribution >= 0.6 is 0 Å². The van der Waals surface area contributed by atoms with Gasteiger partial charge < -0.3 is 9.30 Å². The molecular weight excluding hydrogens is 344 g/mol. The number of nitrogens with zero attached hydrogens (tertiary/aromatic N) is 4. The molecule has 3 rings (SSSR count). The first-order chi connectivity index (χ1) is 12.8. The smallest absolute Gasteiger partial charge is 0.338 e. The van der Waals surface area contributed by atoms with Crippen molar-refractivity contribution in [3.8, 4) is 0 Å². The summed E-state index contributed by atoms with van der Waals surface area (Å²) in [7, 11) is 0. The summed E-state index contributed by atoms with van der Waals surface area (Å²) < 4.78 is 9.08. The van der Waals surface area contributed by atoms with E-state index in [-0.39, 0.29) is 18.4 Å². The molecule has 0 radical (unpaired) electrons. The summed E-state index contributed by atoms with van der Waals surface area (Å²) in [5, 5.41) is 8.07. The molecule has 0 aliphatic rings. The predicted octanol–water partition coefficient (Wildman–Crippen LogP) is 3.49. The topological polar surface area (TPSA) is 79.0 Å². The van der Waals surface area contributed by atoms with Gasteiger partial charge in [0.2, 0.25) is 5.78 Å². The van der Waals surface area contributed by atoms with Crippen molar-refractivity contribution >= 4 is 22.8 Å². The molecule has 1 aromatic carbocycles. The summed E-state index contributed by atoms with van der Waals surface area (Å²) in [5.74, 6) is -0.754. The Kier molecular flexibility index (Phi) is 5.12. The molecule has 7 nitrogen and oxygen atoms in total. The molecule has 0 atom stereocenters. The predicted molar refractivity (Wildman–Crippen MR) is 102 cm³/mol. The number of carbonyl (C=O) groups excluding carboxylic acids is 2. The summed E-state index contributed by atoms with van der Waals surface area (Å²) in [4.78, 5) is 24.9. The van der Waals surface area contributed by atoms with Crippen LogP contribution in [0.5, 0.6) is 0 Å². The van der Waals surface area contributed by atoms with E-state index in [9.17, 15) is 9.59 Å². The molecular formula is C20H24N4O3. The SMILES string of the molecule is CCn1nnc2cc(C(=O)OCC(=O)c3cc(C)n(C(C)C)c3C)ccc21. The zero-order chi connectivity index (χ0) is 19.7. The lowest BCUT2D eigenvalue weighted by Crippen LogP contribution is -2.15. The molecule has 2 heterocycles. The molecule has 0 unspecified atom stereocenters. The number of ketones is 1. The summed E-state index contributed by atoms with van der Waals surface area (Å²) in [6, 6.07) is 7.19. The lowest BCUT2D eigenvalue weighted by atomic mass is 10.1. The second-order valence-corrected chi connectivity index (χ2v) is 6.86. The molecule has 0 saturated carbocycles. The van der Waals surface area contributed by atoms with Gasteiger partial charge in [0.15, 0.2) is 6.61 Å². The molecule has 0 spiro atoms. The molecule has 142 valence electrons. The molecule has 27 heavy (non-hydrogen) atoms. The van der Waals surface area contributed by atoms with Crippen molar-refractivity contribution in [2.75, 3.05) is 6.61 Å². The fraction of sp³-hybridized carbons (Fsp3) is 0.400. The monoisotopic (exact) mass is 368 g/mol. The first-order valence-corrected chi connectivity index (χ1v) is 9.05. The molecule has 0 N–H and O–H groups in total. The van der Waals surface area contributed by atoms with Crippen LogP contribution in [-0.2, 0) is 11.3 Å². The van der Waals surface area contributed by atoms with Gasteiger partial charge in [0.25, 0.3) is 0 Å². The first-order valence-electron chi connectivity index (χ1n) is 9.05. The highest BCUT2D eigenvalue weighted by Gasteiger charge is 2.19. The number of benzene rings is 1. The van der Waals surface area contributed by atoms with Crippen LogP contribution in [0.2, 0.25) is 0 Å². The van der Waals surface area contributed by atoms with E-state index in [1.807, 2.05) is 26.8 Å². The number of Topliss-reactive ketones (excluding diaryl/α,β-unsaturated/α-hetero) is 1. The van der Waals surface area contributed by atoms with Gasteiger partial charge >= 0.3 is 5.97 Å². The maximum Gasteiger partial charge on any atom is 0.338 e. The quantitative estimate of drug-likeness (QED) is 0.491. The van der Waals surface area contributed by atoms with Crippen molar-refractivity contribution in [2.24, 2.45) is 0 Å². The Balaban J connectivity index is 1.72. The number of hydrogen-bond donors (Lipinski definition) is 0. The third kappa shape index (κ3) is 3.49. The average molecular weight is 368 g/mol. The second kappa shape index (κ2) is 7.34.